The molecular weight excluding hydrogens is 222 g/mol. The molecule has 1 aromatic heterocycles. The summed E-state index contributed by atoms with van der Waals surface area (Å²) in [5.41, 5.74) is 1.83. The average molecular weight is 231 g/mol. The van der Waals surface area contributed by atoms with E-state index in [0.29, 0.717) is 12.4 Å². The Kier molecular flexibility index (Phi) is 2.11. The molecule has 0 fully saturated rings. The van der Waals surface area contributed by atoms with Crippen molar-refractivity contribution < 1.29 is 19.2 Å². The molecule has 5 heteroatoms. The lowest BCUT2D eigenvalue weighted by Crippen LogP contribution is -1.94. The number of benzene rings is 1. The molecule has 2 heterocycles. The molecule has 5 nitrogen and oxygen atoms in total. The zero-order valence-electron chi connectivity index (χ0n) is 8.84. The molecule has 0 spiro atoms. The number of fused-ring (bicyclic) bond motifs is 1. The van der Waals surface area contributed by atoms with Crippen molar-refractivity contribution in [3.05, 3.63) is 35.5 Å². The highest BCUT2D eigenvalue weighted by molar-refractivity contribution is 5.86. The lowest BCUT2D eigenvalue weighted by molar-refractivity contribution is 0.0686. The Morgan fingerprint density at radius 1 is 1.35 bits per heavy atom. The van der Waals surface area contributed by atoms with Gasteiger partial charge in [-0.2, -0.15) is 0 Å². The Morgan fingerprint density at radius 3 is 3.00 bits per heavy atom. The predicted molar refractivity (Wildman–Crippen MR) is 58.1 cm³/mol. The van der Waals surface area contributed by atoms with Crippen LogP contribution in [0.1, 0.15) is 16.1 Å². The summed E-state index contributed by atoms with van der Waals surface area (Å²) in [5, 5.41) is 12.2. The van der Waals surface area contributed by atoms with Crippen molar-refractivity contribution in [3.63, 3.8) is 0 Å². The molecule has 1 aliphatic rings. The van der Waals surface area contributed by atoms with Crippen molar-refractivity contribution in [2.24, 2.45) is 0 Å². The first-order valence-corrected chi connectivity index (χ1v) is 5.20. The maximum Gasteiger partial charge on any atom is 0.358 e. The smallest absolute Gasteiger partial charge is 0.358 e. The third-order valence-electron chi connectivity index (χ3n) is 2.70. The Bertz CT molecular complexity index is 588. The molecule has 0 amide bonds. The van der Waals surface area contributed by atoms with E-state index in [1.807, 2.05) is 18.2 Å². The Labute approximate surface area is 96.6 Å². The summed E-state index contributed by atoms with van der Waals surface area (Å²) in [5.74, 6) is 0.244. The summed E-state index contributed by atoms with van der Waals surface area (Å²) in [4.78, 5) is 10.7. The molecule has 2 aromatic rings. The van der Waals surface area contributed by atoms with E-state index in [0.717, 1.165) is 23.3 Å². The maximum atomic E-state index is 10.7. The second-order valence-corrected chi connectivity index (χ2v) is 3.80. The van der Waals surface area contributed by atoms with Crippen LogP contribution in [0, 0.1) is 0 Å². The Balaban J connectivity index is 2.00. The monoisotopic (exact) mass is 231 g/mol. The van der Waals surface area contributed by atoms with Crippen LogP contribution in [0.15, 0.2) is 28.8 Å². The number of carboxylic acid groups (broad SMARTS) is 1. The maximum absolute atomic E-state index is 10.7. The van der Waals surface area contributed by atoms with E-state index in [-0.39, 0.29) is 5.69 Å². The topological polar surface area (TPSA) is 72.6 Å². The molecule has 0 unspecified atom stereocenters. The lowest BCUT2D eigenvalue weighted by atomic mass is 10.1. The second-order valence-electron chi connectivity index (χ2n) is 3.80. The highest BCUT2D eigenvalue weighted by atomic mass is 16.5. The van der Waals surface area contributed by atoms with Crippen LogP contribution in [-0.4, -0.2) is 22.8 Å². The zero-order chi connectivity index (χ0) is 11.8. The van der Waals surface area contributed by atoms with Gasteiger partial charge in [-0.25, -0.2) is 4.79 Å². The number of rotatable bonds is 2. The first kappa shape index (κ1) is 9.89. The fraction of sp³-hybridized carbons (Fsp3) is 0.167. The average Bonchev–Trinajstić information content (AvgIpc) is 2.97. The van der Waals surface area contributed by atoms with Crippen LogP contribution in [-0.2, 0) is 6.42 Å². The number of aromatic carboxylic acids is 1. The Hall–Kier alpha value is -2.30. The Morgan fingerprint density at radius 2 is 2.24 bits per heavy atom. The first-order valence-electron chi connectivity index (χ1n) is 5.20. The normalized spacial score (nSPS) is 13.2. The number of carboxylic acids is 1. The van der Waals surface area contributed by atoms with E-state index in [4.69, 9.17) is 14.4 Å². The number of hydrogen-bond donors (Lipinski definition) is 1. The summed E-state index contributed by atoms with van der Waals surface area (Å²) < 4.78 is 10.4. The summed E-state index contributed by atoms with van der Waals surface area (Å²) in [6.45, 7) is 0.690. The van der Waals surface area contributed by atoms with Crippen LogP contribution in [0.3, 0.4) is 0 Å². The third kappa shape index (κ3) is 1.65. The summed E-state index contributed by atoms with van der Waals surface area (Å²) >= 11 is 0. The van der Waals surface area contributed by atoms with Gasteiger partial charge in [0.1, 0.15) is 5.75 Å². The minimum Gasteiger partial charge on any atom is -0.493 e. The van der Waals surface area contributed by atoms with Gasteiger partial charge in [-0.3, -0.25) is 0 Å². The van der Waals surface area contributed by atoms with E-state index >= 15 is 0 Å². The van der Waals surface area contributed by atoms with Crippen molar-refractivity contribution in [2.75, 3.05) is 6.61 Å². The number of carbonyl (C=O) groups is 1. The van der Waals surface area contributed by atoms with Gasteiger partial charge < -0.3 is 14.4 Å². The highest BCUT2D eigenvalue weighted by Crippen LogP contribution is 2.30. The summed E-state index contributed by atoms with van der Waals surface area (Å²) in [6, 6.07) is 7.05. The molecule has 0 saturated heterocycles. The zero-order valence-corrected chi connectivity index (χ0v) is 8.84. The molecule has 0 saturated carbocycles. The number of hydrogen-bond acceptors (Lipinski definition) is 4. The van der Waals surface area contributed by atoms with Gasteiger partial charge in [0.15, 0.2) is 11.5 Å². The van der Waals surface area contributed by atoms with Crippen LogP contribution >= 0.6 is 0 Å². The van der Waals surface area contributed by atoms with E-state index in [1.54, 1.807) is 0 Å². The molecule has 0 radical (unpaired) electrons. The van der Waals surface area contributed by atoms with E-state index in [2.05, 4.69) is 5.16 Å². The fourth-order valence-electron chi connectivity index (χ4n) is 1.85. The molecule has 1 aromatic carbocycles. The molecule has 86 valence electrons. The van der Waals surface area contributed by atoms with Crippen LogP contribution in [0.5, 0.6) is 5.75 Å². The van der Waals surface area contributed by atoms with Gasteiger partial charge >= 0.3 is 5.97 Å². The van der Waals surface area contributed by atoms with Crippen LogP contribution < -0.4 is 4.74 Å². The first-order chi connectivity index (χ1) is 8.24. The molecule has 1 aliphatic heterocycles. The summed E-state index contributed by atoms with van der Waals surface area (Å²) in [6.07, 6.45) is 0.864. The van der Waals surface area contributed by atoms with Crippen molar-refractivity contribution in [2.45, 2.75) is 6.42 Å². The van der Waals surface area contributed by atoms with Crippen molar-refractivity contribution >= 4 is 5.97 Å². The molecule has 17 heavy (non-hydrogen) atoms. The molecule has 0 aliphatic carbocycles. The van der Waals surface area contributed by atoms with Gasteiger partial charge in [-0.15, -0.1) is 0 Å². The molecular formula is C12H9NO4. The van der Waals surface area contributed by atoms with Crippen molar-refractivity contribution in [1.29, 1.82) is 0 Å². The molecule has 3 rings (SSSR count). The van der Waals surface area contributed by atoms with Gasteiger partial charge in [0.05, 0.1) is 6.61 Å². The lowest BCUT2D eigenvalue weighted by Gasteiger charge is -2.00. The van der Waals surface area contributed by atoms with Crippen LogP contribution in [0.4, 0.5) is 0 Å². The quantitative estimate of drug-likeness (QED) is 0.855. The number of ether oxygens (including phenoxy) is 1. The molecule has 0 atom stereocenters. The minimum atomic E-state index is -1.09. The van der Waals surface area contributed by atoms with E-state index < -0.39 is 5.97 Å². The molecule has 0 bridgehead atoms. The number of aromatic nitrogens is 1. The van der Waals surface area contributed by atoms with Gasteiger partial charge in [-0.1, -0.05) is 5.16 Å². The standard InChI is InChI=1S/C12H9NO4/c14-12(15)9-6-11(17-13-9)7-1-2-10-8(5-7)3-4-16-10/h1-2,5-6H,3-4H2,(H,14,15). The van der Waals surface area contributed by atoms with Crippen LogP contribution in [0.2, 0.25) is 0 Å². The minimum absolute atomic E-state index is 0.0863. The van der Waals surface area contributed by atoms with E-state index in [9.17, 15) is 4.79 Å². The van der Waals surface area contributed by atoms with Crippen molar-refractivity contribution in [1.82, 2.24) is 5.16 Å². The van der Waals surface area contributed by atoms with Gasteiger partial charge in [0.25, 0.3) is 0 Å². The SMILES string of the molecule is O=C(O)c1cc(-c2ccc3c(c2)CCO3)on1. The number of nitrogens with zero attached hydrogens (tertiary/aromatic N) is 1. The third-order valence-corrected chi connectivity index (χ3v) is 2.70. The van der Waals surface area contributed by atoms with Gasteiger partial charge in [0.2, 0.25) is 0 Å². The van der Waals surface area contributed by atoms with Gasteiger partial charge in [0, 0.05) is 18.1 Å². The van der Waals surface area contributed by atoms with Crippen molar-refractivity contribution in [3.8, 4) is 17.1 Å². The van der Waals surface area contributed by atoms with Crippen LogP contribution in [0.25, 0.3) is 11.3 Å². The highest BCUT2D eigenvalue weighted by Gasteiger charge is 2.16. The molecule has 1 N–H and O–H groups in total. The predicted octanol–water partition coefficient (Wildman–Crippen LogP) is 1.97. The largest absolute Gasteiger partial charge is 0.493 e. The fourth-order valence-corrected chi connectivity index (χ4v) is 1.85. The van der Waals surface area contributed by atoms with E-state index in [1.165, 1.54) is 6.07 Å². The summed E-state index contributed by atoms with van der Waals surface area (Å²) in [7, 11) is 0. The van der Waals surface area contributed by atoms with Gasteiger partial charge in [-0.05, 0) is 23.8 Å². The second kappa shape index (κ2) is 3.62.